The van der Waals surface area contributed by atoms with Crippen molar-refractivity contribution < 1.29 is 4.52 Å². The highest BCUT2D eigenvalue weighted by molar-refractivity contribution is 5.52. The van der Waals surface area contributed by atoms with Gasteiger partial charge in [0.05, 0.1) is 6.07 Å². The van der Waals surface area contributed by atoms with Gasteiger partial charge in [0.2, 0.25) is 11.7 Å². The van der Waals surface area contributed by atoms with Gasteiger partial charge in [0.1, 0.15) is 0 Å². The molecule has 0 radical (unpaired) electrons. The molecule has 17 heavy (non-hydrogen) atoms. The molecule has 5 nitrogen and oxygen atoms in total. The molecule has 0 aromatic carbocycles. The Bertz CT molecular complexity index is 515. The van der Waals surface area contributed by atoms with Crippen molar-refractivity contribution in [3.8, 4) is 17.5 Å². The van der Waals surface area contributed by atoms with Gasteiger partial charge in [0.25, 0.3) is 0 Å². The first-order valence-corrected chi connectivity index (χ1v) is 5.42. The van der Waals surface area contributed by atoms with E-state index < -0.39 is 0 Å². The molecular formula is C12H12N4O. The van der Waals surface area contributed by atoms with Gasteiger partial charge in [0.15, 0.2) is 0 Å². The van der Waals surface area contributed by atoms with Crippen LogP contribution in [0.5, 0.6) is 0 Å². The molecule has 5 heteroatoms. The SMILES string of the molecule is CC(CCC#N)c1nc(-c2ccncc2)no1. The Hall–Kier alpha value is -2.22. The molecule has 0 fully saturated rings. The lowest BCUT2D eigenvalue weighted by Gasteiger charge is -2.00. The van der Waals surface area contributed by atoms with E-state index in [0.29, 0.717) is 18.1 Å². The van der Waals surface area contributed by atoms with Gasteiger partial charge < -0.3 is 4.52 Å². The molecule has 0 aliphatic heterocycles. The Morgan fingerprint density at radius 3 is 2.88 bits per heavy atom. The van der Waals surface area contributed by atoms with E-state index in [4.69, 9.17) is 9.78 Å². The molecule has 2 aromatic heterocycles. The van der Waals surface area contributed by atoms with Gasteiger partial charge in [-0.1, -0.05) is 12.1 Å². The van der Waals surface area contributed by atoms with Crippen LogP contribution in [0.4, 0.5) is 0 Å². The van der Waals surface area contributed by atoms with E-state index in [2.05, 4.69) is 21.2 Å². The molecule has 0 N–H and O–H groups in total. The van der Waals surface area contributed by atoms with Crippen LogP contribution in [-0.4, -0.2) is 15.1 Å². The molecule has 2 aromatic rings. The van der Waals surface area contributed by atoms with E-state index in [1.807, 2.05) is 19.1 Å². The van der Waals surface area contributed by atoms with Crippen LogP contribution in [0.2, 0.25) is 0 Å². The Labute approximate surface area is 99.1 Å². The lowest BCUT2D eigenvalue weighted by molar-refractivity contribution is 0.355. The second-order valence-corrected chi connectivity index (χ2v) is 3.79. The monoisotopic (exact) mass is 228 g/mol. The normalized spacial score (nSPS) is 12.0. The van der Waals surface area contributed by atoms with Crippen molar-refractivity contribution in [1.82, 2.24) is 15.1 Å². The highest BCUT2D eigenvalue weighted by Gasteiger charge is 2.14. The van der Waals surface area contributed by atoms with Crippen molar-refractivity contribution in [1.29, 1.82) is 5.26 Å². The smallest absolute Gasteiger partial charge is 0.229 e. The van der Waals surface area contributed by atoms with Crippen LogP contribution < -0.4 is 0 Å². The number of aromatic nitrogens is 3. The fourth-order valence-corrected chi connectivity index (χ4v) is 1.46. The molecule has 0 saturated heterocycles. The first-order chi connectivity index (χ1) is 8.31. The third-order valence-corrected chi connectivity index (χ3v) is 2.49. The second-order valence-electron chi connectivity index (χ2n) is 3.79. The molecule has 2 heterocycles. The third-order valence-electron chi connectivity index (χ3n) is 2.49. The Balaban J connectivity index is 2.14. The minimum Gasteiger partial charge on any atom is -0.339 e. The fraction of sp³-hybridized carbons (Fsp3) is 0.333. The van der Waals surface area contributed by atoms with Gasteiger partial charge in [-0.05, 0) is 18.6 Å². The molecule has 1 unspecified atom stereocenters. The summed E-state index contributed by atoms with van der Waals surface area (Å²) in [5.41, 5.74) is 0.877. The molecule has 86 valence electrons. The molecule has 0 bridgehead atoms. The summed E-state index contributed by atoms with van der Waals surface area (Å²) in [6, 6.07) is 5.76. The number of hydrogen-bond acceptors (Lipinski definition) is 5. The van der Waals surface area contributed by atoms with Gasteiger partial charge in [-0.3, -0.25) is 4.98 Å². The number of pyridine rings is 1. The number of hydrogen-bond donors (Lipinski definition) is 0. The van der Waals surface area contributed by atoms with E-state index >= 15 is 0 Å². The van der Waals surface area contributed by atoms with E-state index in [1.54, 1.807) is 12.4 Å². The van der Waals surface area contributed by atoms with Crippen molar-refractivity contribution in [2.45, 2.75) is 25.7 Å². The number of rotatable bonds is 4. The molecule has 0 aliphatic rings. The molecule has 0 aliphatic carbocycles. The number of nitrogens with zero attached hydrogens (tertiary/aromatic N) is 4. The predicted octanol–water partition coefficient (Wildman–Crippen LogP) is 2.54. The quantitative estimate of drug-likeness (QED) is 0.803. The van der Waals surface area contributed by atoms with Crippen LogP contribution >= 0.6 is 0 Å². The van der Waals surface area contributed by atoms with Crippen LogP contribution in [-0.2, 0) is 0 Å². The van der Waals surface area contributed by atoms with Crippen LogP contribution in [0, 0.1) is 11.3 Å². The summed E-state index contributed by atoms with van der Waals surface area (Å²) < 4.78 is 5.19. The maximum Gasteiger partial charge on any atom is 0.229 e. The van der Waals surface area contributed by atoms with Crippen molar-refractivity contribution in [2.75, 3.05) is 0 Å². The van der Waals surface area contributed by atoms with E-state index in [0.717, 1.165) is 12.0 Å². The van der Waals surface area contributed by atoms with Gasteiger partial charge in [0, 0.05) is 30.3 Å². The molecule has 2 rings (SSSR count). The Morgan fingerprint density at radius 2 is 2.18 bits per heavy atom. The number of nitriles is 1. The van der Waals surface area contributed by atoms with Gasteiger partial charge in [-0.15, -0.1) is 0 Å². The lowest BCUT2D eigenvalue weighted by Crippen LogP contribution is -1.93. The Morgan fingerprint density at radius 1 is 1.41 bits per heavy atom. The van der Waals surface area contributed by atoms with Crippen molar-refractivity contribution in [3.63, 3.8) is 0 Å². The van der Waals surface area contributed by atoms with Gasteiger partial charge in [-0.25, -0.2) is 0 Å². The second kappa shape index (κ2) is 5.21. The third kappa shape index (κ3) is 2.67. The average molecular weight is 228 g/mol. The van der Waals surface area contributed by atoms with Gasteiger partial charge in [-0.2, -0.15) is 10.2 Å². The van der Waals surface area contributed by atoms with Crippen molar-refractivity contribution >= 4 is 0 Å². The largest absolute Gasteiger partial charge is 0.339 e. The van der Waals surface area contributed by atoms with Crippen molar-refractivity contribution in [2.24, 2.45) is 0 Å². The van der Waals surface area contributed by atoms with E-state index in [9.17, 15) is 0 Å². The summed E-state index contributed by atoms with van der Waals surface area (Å²) in [5, 5.41) is 12.4. The molecular weight excluding hydrogens is 216 g/mol. The highest BCUT2D eigenvalue weighted by atomic mass is 16.5. The summed E-state index contributed by atoms with van der Waals surface area (Å²) in [6.07, 6.45) is 4.59. The van der Waals surface area contributed by atoms with Gasteiger partial charge >= 0.3 is 0 Å². The summed E-state index contributed by atoms with van der Waals surface area (Å²) in [4.78, 5) is 8.25. The van der Waals surface area contributed by atoms with Crippen LogP contribution in [0.1, 0.15) is 31.6 Å². The highest BCUT2D eigenvalue weighted by Crippen LogP contribution is 2.21. The minimum absolute atomic E-state index is 0.109. The van der Waals surface area contributed by atoms with E-state index in [-0.39, 0.29) is 5.92 Å². The summed E-state index contributed by atoms with van der Waals surface area (Å²) in [6.45, 7) is 1.97. The fourth-order valence-electron chi connectivity index (χ4n) is 1.46. The molecule has 1 atom stereocenters. The molecule has 0 amide bonds. The zero-order chi connectivity index (χ0) is 12.1. The standard InChI is InChI=1S/C12H12N4O/c1-9(3-2-6-13)12-15-11(16-17-12)10-4-7-14-8-5-10/h4-5,7-9H,2-3H2,1H3. The zero-order valence-electron chi connectivity index (χ0n) is 9.50. The topological polar surface area (TPSA) is 75.6 Å². The summed E-state index contributed by atoms with van der Waals surface area (Å²) in [5.74, 6) is 1.25. The molecule has 0 saturated carbocycles. The van der Waals surface area contributed by atoms with Crippen molar-refractivity contribution in [3.05, 3.63) is 30.4 Å². The minimum atomic E-state index is 0.109. The summed E-state index contributed by atoms with van der Waals surface area (Å²) >= 11 is 0. The van der Waals surface area contributed by atoms with Crippen LogP contribution in [0.3, 0.4) is 0 Å². The Kier molecular flexibility index (Phi) is 3.46. The maximum atomic E-state index is 8.52. The van der Waals surface area contributed by atoms with Crippen LogP contribution in [0.25, 0.3) is 11.4 Å². The zero-order valence-corrected chi connectivity index (χ0v) is 9.50. The van der Waals surface area contributed by atoms with E-state index in [1.165, 1.54) is 0 Å². The van der Waals surface area contributed by atoms with Crippen LogP contribution in [0.15, 0.2) is 29.0 Å². The average Bonchev–Trinajstić information content (AvgIpc) is 2.86. The molecule has 0 spiro atoms. The summed E-state index contributed by atoms with van der Waals surface area (Å²) in [7, 11) is 0. The first-order valence-electron chi connectivity index (χ1n) is 5.42. The predicted molar refractivity (Wildman–Crippen MR) is 60.8 cm³/mol. The lowest BCUT2D eigenvalue weighted by atomic mass is 10.1. The first kappa shape index (κ1) is 11.3. The maximum absolute atomic E-state index is 8.52.